The highest BCUT2D eigenvalue weighted by Crippen LogP contribution is 1.95. The molecule has 60 valence electrons. The summed E-state index contributed by atoms with van der Waals surface area (Å²) in [5.74, 6) is -1.08. The van der Waals surface area contributed by atoms with Crippen molar-refractivity contribution in [1.29, 1.82) is 0 Å². The minimum absolute atomic E-state index is 1.08. The van der Waals surface area contributed by atoms with Gasteiger partial charge in [0.2, 0.25) is 0 Å². The van der Waals surface area contributed by atoms with Crippen LogP contribution in [0.5, 0.6) is 0 Å². The fourth-order valence-electron chi connectivity index (χ4n) is 0.427. The Morgan fingerprint density at radius 1 is 1.50 bits per heavy atom. The monoisotopic (exact) mass is 144 g/mol. The van der Waals surface area contributed by atoms with Crippen molar-refractivity contribution in [2.75, 3.05) is 0 Å². The minimum Gasteiger partial charge on any atom is -0.481 e. The van der Waals surface area contributed by atoms with Crippen LogP contribution in [0.15, 0.2) is 0 Å². The van der Waals surface area contributed by atoms with Crippen LogP contribution in [0.25, 0.3) is 0 Å². The number of unbranched alkanes of at least 4 members (excludes halogenated alkanes) is 3. The number of aliphatic carboxylic acids is 1. The summed E-state index contributed by atoms with van der Waals surface area (Å²) in [6.45, 7) is 8.48. The Bertz CT molecular complexity index is 61.7. The second-order valence-corrected chi connectivity index (χ2v) is 1.95. The predicted octanol–water partition coefficient (Wildman–Crippen LogP) is 2.31. The van der Waals surface area contributed by atoms with Crippen molar-refractivity contribution >= 4 is 5.97 Å². The molecule has 0 heterocycles. The first-order valence-corrected chi connectivity index (χ1v) is 3.49. The Labute approximate surface area is 63.3 Å². The van der Waals surface area contributed by atoms with Crippen LogP contribution >= 0.6 is 0 Å². The fraction of sp³-hybridized carbons (Fsp3) is 0.625. The van der Waals surface area contributed by atoms with E-state index in [1.54, 1.807) is 0 Å². The van der Waals surface area contributed by atoms with Crippen molar-refractivity contribution in [2.45, 2.75) is 32.6 Å². The third-order valence-corrected chi connectivity index (χ3v) is 0.854. The van der Waals surface area contributed by atoms with Crippen LogP contribution in [-0.2, 0) is 4.79 Å². The third-order valence-electron chi connectivity index (χ3n) is 0.854. The minimum atomic E-state index is -1.08. The van der Waals surface area contributed by atoms with Crippen LogP contribution in [0.2, 0.25) is 0 Å². The molecule has 0 aliphatic rings. The van der Waals surface area contributed by atoms with E-state index in [9.17, 15) is 0 Å². The summed E-state index contributed by atoms with van der Waals surface area (Å²) < 4.78 is 0. The number of hydrogen-bond donors (Lipinski definition) is 1. The first-order valence-electron chi connectivity index (χ1n) is 3.49. The van der Waals surface area contributed by atoms with Crippen LogP contribution in [0.4, 0.5) is 0 Å². The quantitative estimate of drug-likeness (QED) is 0.617. The molecule has 0 aromatic heterocycles. The lowest BCUT2D eigenvalue weighted by molar-refractivity contribution is -0.131. The molecule has 10 heavy (non-hydrogen) atoms. The SMILES string of the molecule is [CH2]C(=O)O.[CH2]CCCCC. The first-order chi connectivity index (χ1) is 4.65. The predicted molar refractivity (Wildman–Crippen MR) is 42.5 cm³/mol. The largest absolute Gasteiger partial charge is 0.481 e. The summed E-state index contributed by atoms with van der Waals surface area (Å²) in [5, 5.41) is 7.31. The van der Waals surface area contributed by atoms with Crippen LogP contribution in [0.3, 0.4) is 0 Å². The number of rotatable bonds is 3. The summed E-state index contributed by atoms with van der Waals surface area (Å²) >= 11 is 0. The van der Waals surface area contributed by atoms with E-state index in [1.807, 2.05) is 0 Å². The third kappa shape index (κ3) is 51.3. The second-order valence-electron chi connectivity index (χ2n) is 1.95. The van der Waals surface area contributed by atoms with E-state index in [-0.39, 0.29) is 0 Å². The summed E-state index contributed by atoms with van der Waals surface area (Å²) in [6.07, 6.45) is 5.07. The zero-order chi connectivity index (χ0) is 8.41. The van der Waals surface area contributed by atoms with E-state index in [0.717, 1.165) is 6.42 Å². The molecule has 0 aromatic carbocycles. The molecule has 2 nitrogen and oxygen atoms in total. The molecule has 0 bridgehead atoms. The summed E-state index contributed by atoms with van der Waals surface area (Å²) in [5.41, 5.74) is 0. The summed E-state index contributed by atoms with van der Waals surface area (Å²) in [7, 11) is 0. The Morgan fingerprint density at radius 3 is 2.00 bits per heavy atom. The van der Waals surface area contributed by atoms with E-state index < -0.39 is 5.97 Å². The van der Waals surface area contributed by atoms with Crippen molar-refractivity contribution in [3.05, 3.63) is 13.8 Å². The van der Waals surface area contributed by atoms with Gasteiger partial charge in [-0.2, -0.15) is 0 Å². The Balaban J connectivity index is 0. The Kier molecular flexibility index (Phi) is 13.7. The Hall–Kier alpha value is -0.530. The van der Waals surface area contributed by atoms with Gasteiger partial charge in [-0.05, 0) is 0 Å². The molecule has 0 amide bonds. The average molecular weight is 144 g/mol. The molecule has 0 saturated heterocycles. The lowest BCUT2D eigenvalue weighted by atomic mass is 10.2. The molecule has 0 rings (SSSR count). The maximum Gasteiger partial charge on any atom is 0.303 e. The van der Waals surface area contributed by atoms with Gasteiger partial charge in [-0.1, -0.05) is 39.5 Å². The maximum absolute atomic E-state index is 8.89. The van der Waals surface area contributed by atoms with E-state index >= 15 is 0 Å². The lowest BCUT2D eigenvalue weighted by Gasteiger charge is -1.86. The van der Waals surface area contributed by atoms with Crippen LogP contribution in [0, 0.1) is 13.8 Å². The molecule has 0 aliphatic heterocycles. The topological polar surface area (TPSA) is 37.3 Å². The van der Waals surface area contributed by atoms with Crippen LogP contribution < -0.4 is 0 Å². The molecule has 0 saturated carbocycles. The highest BCUT2D eigenvalue weighted by molar-refractivity contribution is 5.71. The van der Waals surface area contributed by atoms with Gasteiger partial charge in [0.05, 0.1) is 6.92 Å². The van der Waals surface area contributed by atoms with Gasteiger partial charge in [-0.15, -0.1) is 0 Å². The molecule has 0 unspecified atom stereocenters. The molecular weight excluding hydrogens is 128 g/mol. The van der Waals surface area contributed by atoms with Crippen LogP contribution in [-0.4, -0.2) is 11.1 Å². The average Bonchev–Trinajstić information content (AvgIpc) is 1.82. The smallest absolute Gasteiger partial charge is 0.303 e. The first kappa shape index (κ1) is 12.2. The van der Waals surface area contributed by atoms with E-state index in [4.69, 9.17) is 9.90 Å². The van der Waals surface area contributed by atoms with Gasteiger partial charge in [0.1, 0.15) is 0 Å². The van der Waals surface area contributed by atoms with E-state index in [0.29, 0.717) is 0 Å². The lowest BCUT2D eigenvalue weighted by Crippen LogP contribution is -1.79. The van der Waals surface area contributed by atoms with Crippen LogP contribution in [0.1, 0.15) is 32.6 Å². The van der Waals surface area contributed by atoms with Gasteiger partial charge in [0.15, 0.2) is 0 Å². The summed E-state index contributed by atoms with van der Waals surface area (Å²) in [4.78, 5) is 8.89. The van der Waals surface area contributed by atoms with Gasteiger partial charge in [0.25, 0.3) is 0 Å². The van der Waals surface area contributed by atoms with Crippen molar-refractivity contribution < 1.29 is 9.90 Å². The highest BCUT2D eigenvalue weighted by Gasteiger charge is 1.75. The molecule has 0 spiro atoms. The molecule has 0 aromatic rings. The molecular formula is C8H16O2. The number of hydrogen-bond acceptors (Lipinski definition) is 1. The molecule has 2 heteroatoms. The van der Waals surface area contributed by atoms with Crippen molar-refractivity contribution in [2.24, 2.45) is 0 Å². The molecule has 0 fully saturated rings. The normalized spacial score (nSPS) is 7.90. The summed E-state index contributed by atoms with van der Waals surface area (Å²) in [6, 6.07) is 0. The fourth-order valence-corrected chi connectivity index (χ4v) is 0.427. The number of carboxylic acid groups (broad SMARTS) is 1. The van der Waals surface area contributed by atoms with E-state index in [2.05, 4.69) is 20.8 Å². The Morgan fingerprint density at radius 2 is 1.90 bits per heavy atom. The zero-order valence-electron chi connectivity index (χ0n) is 6.60. The second kappa shape index (κ2) is 11.3. The van der Waals surface area contributed by atoms with Crippen molar-refractivity contribution in [3.8, 4) is 0 Å². The standard InChI is InChI=1S/C6H13.C2H3O2/c1-3-5-6-4-2;1-2(3)4/h1,3-6H2,2H3;1H2,(H,3,4). The number of carbonyl (C=O) groups is 1. The molecule has 1 N–H and O–H groups in total. The van der Waals surface area contributed by atoms with Gasteiger partial charge < -0.3 is 5.11 Å². The van der Waals surface area contributed by atoms with Crippen molar-refractivity contribution in [3.63, 3.8) is 0 Å². The number of carboxylic acids is 1. The zero-order valence-corrected chi connectivity index (χ0v) is 6.60. The van der Waals surface area contributed by atoms with Gasteiger partial charge in [-0.3, -0.25) is 4.79 Å². The molecule has 0 aliphatic carbocycles. The van der Waals surface area contributed by atoms with Crippen molar-refractivity contribution in [1.82, 2.24) is 0 Å². The highest BCUT2D eigenvalue weighted by atomic mass is 16.4. The van der Waals surface area contributed by atoms with Gasteiger partial charge >= 0.3 is 5.97 Å². The maximum atomic E-state index is 8.89. The molecule has 2 radical (unpaired) electrons. The van der Waals surface area contributed by atoms with Gasteiger partial charge in [0, 0.05) is 0 Å². The van der Waals surface area contributed by atoms with E-state index in [1.165, 1.54) is 19.3 Å². The van der Waals surface area contributed by atoms with Gasteiger partial charge in [-0.25, -0.2) is 0 Å². The molecule has 0 atom stereocenters.